The maximum Gasteiger partial charge on any atom is 0.251 e. The summed E-state index contributed by atoms with van der Waals surface area (Å²) in [5.74, 6) is 1.09. The van der Waals surface area contributed by atoms with Gasteiger partial charge >= 0.3 is 0 Å². The number of rotatable bonds is 8. The molecule has 140 valence electrons. The molecule has 0 heterocycles. The SMILES string of the molecule is COc1cc(C(=O)NCc2ccc(COC(C)C)cc2)cc(OC)c1C. The van der Waals surface area contributed by atoms with E-state index < -0.39 is 0 Å². The Bertz CT molecular complexity index is 713. The molecular formula is C21H27NO4. The van der Waals surface area contributed by atoms with Crippen LogP contribution in [0.1, 0.15) is 40.9 Å². The van der Waals surface area contributed by atoms with Crippen LogP contribution < -0.4 is 14.8 Å². The number of nitrogens with one attached hydrogen (secondary N) is 1. The monoisotopic (exact) mass is 357 g/mol. The van der Waals surface area contributed by atoms with Gasteiger partial charge in [0.15, 0.2) is 0 Å². The molecule has 2 aromatic carbocycles. The third-order valence-corrected chi connectivity index (χ3v) is 4.07. The fraction of sp³-hybridized carbons (Fsp3) is 0.381. The molecule has 0 aromatic heterocycles. The summed E-state index contributed by atoms with van der Waals surface area (Å²) in [6, 6.07) is 11.5. The van der Waals surface area contributed by atoms with Gasteiger partial charge < -0.3 is 19.5 Å². The van der Waals surface area contributed by atoms with E-state index in [2.05, 4.69) is 5.32 Å². The minimum Gasteiger partial charge on any atom is -0.496 e. The molecule has 0 unspecified atom stereocenters. The molecule has 0 radical (unpaired) electrons. The van der Waals surface area contributed by atoms with Gasteiger partial charge in [-0.3, -0.25) is 4.79 Å². The van der Waals surface area contributed by atoms with E-state index in [1.54, 1.807) is 26.4 Å². The average molecular weight is 357 g/mol. The lowest BCUT2D eigenvalue weighted by Crippen LogP contribution is -2.23. The Hall–Kier alpha value is -2.53. The summed E-state index contributed by atoms with van der Waals surface area (Å²) in [7, 11) is 3.15. The Kier molecular flexibility index (Phi) is 7.04. The van der Waals surface area contributed by atoms with Gasteiger partial charge in [0.25, 0.3) is 5.91 Å². The van der Waals surface area contributed by atoms with E-state index in [0.717, 1.165) is 16.7 Å². The number of amides is 1. The van der Waals surface area contributed by atoms with Gasteiger partial charge in [0, 0.05) is 17.7 Å². The molecule has 0 saturated heterocycles. The fourth-order valence-corrected chi connectivity index (χ4v) is 2.52. The second-order valence-electron chi connectivity index (χ2n) is 6.36. The van der Waals surface area contributed by atoms with Crippen molar-refractivity contribution in [3.05, 3.63) is 58.7 Å². The standard InChI is InChI=1S/C21H27NO4/c1-14(2)26-13-17-8-6-16(7-9-17)12-22-21(23)18-10-19(24-4)15(3)20(11-18)25-5/h6-11,14H,12-13H2,1-5H3,(H,22,23). The van der Waals surface area contributed by atoms with Gasteiger partial charge in [0.1, 0.15) is 11.5 Å². The lowest BCUT2D eigenvalue weighted by Gasteiger charge is -2.13. The molecule has 1 N–H and O–H groups in total. The number of benzene rings is 2. The first-order chi connectivity index (χ1) is 12.4. The molecule has 0 aliphatic carbocycles. The van der Waals surface area contributed by atoms with E-state index in [4.69, 9.17) is 14.2 Å². The molecule has 0 aliphatic rings. The van der Waals surface area contributed by atoms with Crippen molar-refractivity contribution in [2.45, 2.75) is 40.0 Å². The van der Waals surface area contributed by atoms with Crippen LogP contribution in [0.4, 0.5) is 0 Å². The molecule has 2 rings (SSSR count). The number of methoxy groups -OCH3 is 2. The van der Waals surface area contributed by atoms with Crippen LogP contribution in [0.2, 0.25) is 0 Å². The molecule has 1 amide bonds. The van der Waals surface area contributed by atoms with Crippen molar-refractivity contribution in [1.82, 2.24) is 5.32 Å². The average Bonchev–Trinajstić information content (AvgIpc) is 2.65. The Labute approximate surface area is 155 Å². The van der Waals surface area contributed by atoms with Crippen molar-refractivity contribution in [2.75, 3.05) is 14.2 Å². The van der Waals surface area contributed by atoms with Crippen LogP contribution in [0.15, 0.2) is 36.4 Å². The van der Waals surface area contributed by atoms with E-state index in [-0.39, 0.29) is 12.0 Å². The van der Waals surface area contributed by atoms with E-state index in [9.17, 15) is 4.79 Å². The minimum atomic E-state index is -0.172. The molecular weight excluding hydrogens is 330 g/mol. The lowest BCUT2D eigenvalue weighted by molar-refractivity contribution is 0.0657. The summed E-state index contributed by atoms with van der Waals surface area (Å²) < 4.78 is 16.2. The number of hydrogen-bond acceptors (Lipinski definition) is 4. The van der Waals surface area contributed by atoms with E-state index in [1.165, 1.54) is 0 Å². The Morgan fingerprint density at radius 1 is 1.00 bits per heavy atom. The first-order valence-electron chi connectivity index (χ1n) is 8.64. The molecule has 0 saturated carbocycles. The van der Waals surface area contributed by atoms with Crippen molar-refractivity contribution in [3.63, 3.8) is 0 Å². The second-order valence-corrected chi connectivity index (χ2v) is 6.36. The van der Waals surface area contributed by atoms with Gasteiger partial charge in [-0.2, -0.15) is 0 Å². The van der Waals surface area contributed by atoms with Gasteiger partial charge in [-0.05, 0) is 44.0 Å². The minimum absolute atomic E-state index is 0.172. The maximum atomic E-state index is 12.5. The summed E-state index contributed by atoms with van der Waals surface area (Å²) in [5, 5.41) is 2.93. The summed E-state index contributed by atoms with van der Waals surface area (Å²) in [6.45, 7) is 6.96. The van der Waals surface area contributed by atoms with Crippen molar-refractivity contribution in [3.8, 4) is 11.5 Å². The zero-order valence-corrected chi connectivity index (χ0v) is 16.1. The van der Waals surface area contributed by atoms with Gasteiger partial charge in [-0.25, -0.2) is 0 Å². The van der Waals surface area contributed by atoms with Crippen LogP contribution in [0.25, 0.3) is 0 Å². The highest BCUT2D eigenvalue weighted by Crippen LogP contribution is 2.29. The summed E-state index contributed by atoms with van der Waals surface area (Å²) in [4.78, 5) is 12.5. The highest BCUT2D eigenvalue weighted by Gasteiger charge is 2.13. The van der Waals surface area contributed by atoms with Crippen LogP contribution in [0.3, 0.4) is 0 Å². The van der Waals surface area contributed by atoms with Crippen LogP contribution in [-0.2, 0) is 17.9 Å². The molecule has 0 bridgehead atoms. The summed E-state index contributed by atoms with van der Waals surface area (Å²) >= 11 is 0. The van der Waals surface area contributed by atoms with Gasteiger partial charge in [-0.1, -0.05) is 24.3 Å². The smallest absolute Gasteiger partial charge is 0.251 e. The van der Waals surface area contributed by atoms with Crippen molar-refractivity contribution < 1.29 is 19.0 Å². The van der Waals surface area contributed by atoms with Crippen molar-refractivity contribution in [1.29, 1.82) is 0 Å². The van der Waals surface area contributed by atoms with Gasteiger partial charge in [0.05, 0.1) is 26.9 Å². The molecule has 26 heavy (non-hydrogen) atoms. The quantitative estimate of drug-likeness (QED) is 0.779. The third-order valence-electron chi connectivity index (χ3n) is 4.07. The summed E-state index contributed by atoms with van der Waals surface area (Å²) in [5.41, 5.74) is 3.51. The molecule has 0 spiro atoms. The highest BCUT2D eigenvalue weighted by molar-refractivity contribution is 5.95. The molecule has 5 nitrogen and oxygen atoms in total. The fourth-order valence-electron chi connectivity index (χ4n) is 2.52. The van der Waals surface area contributed by atoms with Crippen molar-refractivity contribution >= 4 is 5.91 Å². The topological polar surface area (TPSA) is 56.8 Å². The van der Waals surface area contributed by atoms with Crippen molar-refractivity contribution in [2.24, 2.45) is 0 Å². The molecule has 0 aliphatic heterocycles. The van der Waals surface area contributed by atoms with Crippen LogP contribution >= 0.6 is 0 Å². The van der Waals surface area contributed by atoms with E-state index in [0.29, 0.717) is 30.2 Å². The predicted octanol–water partition coefficient (Wildman–Crippen LogP) is 3.87. The number of ether oxygens (including phenoxy) is 3. The number of hydrogen-bond donors (Lipinski definition) is 1. The lowest BCUT2D eigenvalue weighted by atomic mass is 10.1. The Morgan fingerprint density at radius 2 is 1.54 bits per heavy atom. The van der Waals surface area contributed by atoms with E-state index in [1.807, 2.05) is 45.0 Å². The second kappa shape index (κ2) is 9.25. The zero-order valence-electron chi connectivity index (χ0n) is 16.1. The number of carbonyl (C=O) groups excluding carboxylic acids is 1. The zero-order chi connectivity index (χ0) is 19.1. The Balaban J connectivity index is 2.00. The largest absolute Gasteiger partial charge is 0.496 e. The van der Waals surface area contributed by atoms with E-state index >= 15 is 0 Å². The predicted molar refractivity (Wildman–Crippen MR) is 102 cm³/mol. The van der Waals surface area contributed by atoms with Crippen LogP contribution in [-0.4, -0.2) is 26.2 Å². The van der Waals surface area contributed by atoms with Crippen LogP contribution in [0, 0.1) is 6.92 Å². The summed E-state index contributed by atoms with van der Waals surface area (Å²) in [6.07, 6.45) is 0.206. The molecule has 0 atom stereocenters. The molecule has 0 fully saturated rings. The highest BCUT2D eigenvalue weighted by atomic mass is 16.5. The van der Waals surface area contributed by atoms with Crippen LogP contribution in [0.5, 0.6) is 11.5 Å². The van der Waals surface area contributed by atoms with Gasteiger partial charge in [-0.15, -0.1) is 0 Å². The first-order valence-corrected chi connectivity index (χ1v) is 8.64. The third kappa shape index (κ3) is 5.23. The molecule has 2 aromatic rings. The first kappa shape index (κ1) is 19.8. The van der Waals surface area contributed by atoms with Gasteiger partial charge in [0.2, 0.25) is 0 Å². The maximum absolute atomic E-state index is 12.5. The number of carbonyl (C=O) groups is 1. The Morgan fingerprint density at radius 3 is 2.04 bits per heavy atom. The molecule has 5 heteroatoms. The normalized spacial score (nSPS) is 10.7.